The molecule has 0 spiro atoms. The molecule has 3 aromatic rings. The van der Waals surface area contributed by atoms with Crippen molar-refractivity contribution >= 4 is 23.7 Å². The van der Waals surface area contributed by atoms with E-state index in [0.29, 0.717) is 11.1 Å². The van der Waals surface area contributed by atoms with Gasteiger partial charge in [-0.05, 0) is 79.1 Å². The van der Waals surface area contributed by atoms with Crippen molar-refractivity contribution in [2.75, 3.05) is 33.2 Å². The maximum atomic E-state index is 11.5. The van der Waals surface area contributed by atoms with E-state index in [2.05, 4.69) is 61.3 Å². The first-order valence-corrected chi connectivity index (χ1v) is 12.7. The van der Waals surface area contributed by atoms with Crippen molar-refractivity contribution in [3.05, 3.63) is 119 Å². The molecule has 1 aliphatic heterocycles. The van der Waals surface area contributed by atoms with Gasteiger partial charge in [0.05, 0.1) is 14.2 Å². The number of rotatable bonds is 8. The fourth-order valence-electron chi connectivity index (χ4n) is 4.74. The summed E-state index contributed by atoms with van der Waals surface area (Å²) >= 11 is 0. The quantitative estimate of drug-likeness (QED) is 0.169. The van der Waals surface area contributed by atoms with Gasteiger partial charge in [0.15, 0.2) is 0 Å². The third kappa shape index (κ3) is 7.72. The average Bonchev–Trinajstić information content (AvgIpc) is 3.18. The summed E-state index contributed by atoms with van der Waals surface area (Å²) in [5.41, 5.74) is 5.64. The maximum absolute atomic E-state index is 11.5. The number of fused-ring (bicyclic) bond motifs is 1. The molecule has 0 bridgehead atoms. The number of hydrogen-bond donors (Lipinski definition) is 3. The molecule has 4 rings (SSSR count). The van der Waals surface area contributed by atoms with E-state index in [9.17, 15) is 4.79 Å². The van der Waals surface area contributed by atoms with Crippen LogP contribution in [0.2, 0.25) is 0 Å². The van der Waals surface area contributed by atoms with Crippen molar-refractivity contribution < 1.29 is 36.3 Å². The van der Waals surface area contributed by atoms with Crippen molar-refractivity contribution in [3.8, 4) is 5.75 Å². The summed E-state index contributed by atoms with van der Waals surface area (Å²) in [6.45, 7) is 2.28. The molecular weight excluding hydrogens is 563 g/mol. The molecule has 0 saturated heterocycles. The second-order valence-electron chi connectivity index (χ2n) is 9.45. The molecule has 3 aromatic carbocycles. The van der Waals surface area contributed by atoms with Gasteiger partial charge in [-0.25, -0.2) is 5.06 Å². The molecule has 1 aliphatic rings. The number of amides is 1. The fraction of sp³-hybridized carbons (Fsp3) is 0.219. The Morgan fingerprint density at radius 3 is 2.22 bits per heavy atom. The monoisotopic (exact) mass is 599 g/mol. The molecule has 0 aromatic heterocycles. The summed E-state index contributed by atoms with van der Waals surface area (Å²) < 4.78 is 5.47. The zero-order valence-corrected chi connectivity index (χ0v) is 24.9. The molecule has 1 amide bonds. The Kier molecular flexibility index (Phi) is 12.1. The maximum Gasteiger partial charge on any atom is 0.277 e. The number of nitrogens with one attached hydrogen (secondary N) is 2. The number of methoxy groups -OCH3 is 1. The molecule has 1 unspecified atom stereocenters. The minimum atomic E-state index is -0.519. The number of carbonyl (C=O) groups is 1. The Bertz CT molecular complexity index is 1410. The van der Waals surface area contributed by atoms with Crippen LogP contribution in [0.3, 0.4) is 0 Å². The third-order valence-electron chi connectivity index (χ3n) is 6.91. The van der Waals surface area contributed by atoms with Gasteiger partial charge in [-0.2, -0.15) is 0 Å². The summed E-state index contributed by atoms with van der Waals surface area (Å²) in [5, 5.41) is 24.2. The molecule has 1 radical (unpaired) electrons. The van der Waals surface area contributed by atoms with Crippen LogP contribution in [-0.2, 0) is 33.5 Å². The first-order valence-electron chi connectivity index (χ1n) is 12.7. The first-order chi connectivity index (χ1) is 19.2. The van der Waals surface area contributed by atoms with Crippen LogP contribution in [0.4, 0.5) is 5.69 Å². The second-order valence-corrected chi connectivity index (χ2v) is 9.45. The number of aliphatic hydroxyl groups is 1. The van der Waals surface area contributed by atoms with E-state index in [1.165, 1.54) is 67.1 Å². The molecule has 1 heterocycles. The van der Waals surface area contributed by atoms with Crippen LogP contribution in [0.15, 0.2) is 96.7 Å². The van der Waals surface area contributed by atoms with Crippen LogP contribution in [0.5, 0.6) is 5.75 Å². The van der Waals surface area contributed by atoms with Gasteiger partial charge in [0.1, 0.15) is 5.75 Å². The zero-order chi connectivity index (χ0) is 29.3. The molecular formula is C32H36CoN4O4. The van der Waals surface area contributed by atoms with Gasteiger partial charge in [-0.15, -0.1) is 0 Å². The normalized spacial score (nSPS) is 16.3. The van der Waals surface area contributed by atoms with Gasteiger partial charge in [-0.1, -0.05) is 36.4 Å². The molecule has 0 saturated carbocycles. The predicted molar refractivity (Wildman–Crippen MR) is 160 cm³/mol. The van der Waals surface area contributed by atoms with Crippen molar-refractivity contribution in [3.63, 3.8) is 0 Å². The van der Waals surface area contributed by atoms with Crippen LogP contribution in [0.1, 0.15) is 34.0 Å². The average molecular weight is 600 g/mol. The molecule has 0 fully saturated rings. The molecule has 8 nitrogen and oxygen atoms in total. The minimum absolute atomic E-state index is 0. The Morgan fingerprint density at radius 1 is 1.02 bits per heavy atom. The smallest absolute Gasteiger partial charge is 0.277 e. The molecule has 9 heteroatoms. The number of aliphatic hydroxyl groups excluding tert-OH is 1. The van der Waals surface area contributed by atoms with E-state index < -0.39 is 5.90 Å². The van der Waals surface area contributed by atoms with Gasteiger partial charge < -0.3 is 20.2 Å². The van der Waals surface area contributed by atoms with Crippen LogP contribution < -0.4 is 9.64 Å². The van der Waals surface area contributed by atoms with Gasteiger partial charge >= 0.3 is 0 Å². The van der Waals surface area contributed by atoms with Crippen molar-refractivity contribution in [2.24, 2.45) is 0 Å². The van der Waals surface area contributed by atoms with Crippen LogP contribution in [0.25, 0.3) is 0 Å². The summed E-state index contributed by atoms with van der Waals surface area (Å²) in [6, 6.07) is 22.9. The predicted octanol–water partition coefficient (Wildman–Crippen LogP) is 5.94. The van der Waals surface area contributed by atoms with Crippen LogP contribution >= 0.6 is 0 Å². The number of likely N-dealkylation sites (N-methyl/N-ethyl adjacent to an activating group) is 1. The number of ether oxygens (including phenoxy) is 1. The molecule has 3 N–H and O–H groups in total. The number of nitrogens with zero attached hydrogens (tertiary/aromatic N) is 2. The summed E-state index contributed by atoms with van der Waals surface area (Å²) in [5.74, 6) is 0.0744. The fourth-order valence-corrected chi connectivity index (χ4v) is 4.74. The van der Waals surface area contributed by atoms with Gasteiger partial charge in [0.25, 0.3) is 5.91 Å². The summed E-state index contributed by atoms with van der Waals surface area (Å²) in [6.07, 6.45) is 8.00. The molecule has 41 heavy (non-hydrogen) atoms. The van der Waals surface area contributed by atoms with Crippen molar-refractivity contribution in [1.29, 1.82) is 10.8 Å². The van der Waals surface area contributed by atoms with Gasteiger partial charge in [0.2, 0.25) is 5.90 Å². The Labute approximate surface area is 252 Å². The SMILES string of the molecule is CON(C)C(=O)c1ccc(C(=N)O)cc1.COc1ccc2c(c1)C(C)(Cc1ccccc1)/C(=C/C=C/C=N)N2C.[Co]. The minimum Gasteiger partial charge on any atom is -0.497 e. The van der Waals surface area contributed by atoms with Crippen LogP contribution in [0, 0.1) is 10.8 Å². The topological polar surface area (TPSA) is 110 Å². The van der Waals surface area contributed by atoms with Crippen LogP contribution in [-0.4, -0.2) is 56.5 Å². The second kappa shape index (κ2) is 15.0. The number of hydroxylamine groups is 2. The third-order valence-corrected chi connectivity index (χ3v) is 6.91. The van der Waals surface area contributed by atoms with Crippen molar-refractivity contribution in [2.45, 2.75) is 18.8 Å². The van der Waals surface area contributed by atoms with Crippen molar-refractivity contribution in [1.82, 2.24) is 5.06 Å². The van der Waals surface area contributed by atoms with E-state index in [1.54, 1.807) is 13.2 Å². The number of anilines is 1. The standard InChI is InChI=1S/C22H24N2O.C10H12N2O3.Co/c1-22(16-17-9-5-4-6-10-17)19-15-18(25-3)12-13-20(19)24(2)21(22)11-7-8-14-23;1-12(15-2)10(14)8-5-3-7(4-6-8)9(11)13;/h4-15,23H,16H2,1-3H3;3-6H,1-2H3,(H2,11,13);/b8-7+,21-11-,23-14?;;. The zero-order valence-electron chi connectivity index (χ0n) is 23.8. The van der Waals surface area contributed by atoms with Gasteiger partial charge in [0, 0.05) is 65.0 Å². The molecule has 217 valence electrons. The number of benzene rings is 3. The Morgan fingerprint density at radius 2 is 1.66 bits per heavy atom. The number of carbonyl (C=O) groups excluding carboxylic acids is 1. The van der Waals surface area contributed by atoms with Gasteiger partial charge in [-0.3, -0.25) is 15.0 Å². The Hall–Kier alpha value is -4.18. The van der Waals surface area contributed by atoms with E-state index in [0.717, 1.165) is 17.2 Å². The molecule has 0 aliphatic carbocycles. The Balaban J connectivity index is 0.000000317. The number of hydrogen-bond acceptors (Lipinski definition) is 6. The van der Waals surface area contributed by atoms with E-state index in [-0.39, 0.29) is 28.1 Å². The van der Waals surface area contributed by atoms with E-state index in [4.69, 9.17) is 25.5 Å². The van der Waals surface area contributed by atoms with E-state index >= 15 is 0 Å². The first kappa shape index (κ1) is 33.0. The number of allylic oxidation sites excluding steroid dienone is 4. The summed E-state index contributed by atoms with van der Waals surface area (Å²) in [4.78, 5) is 18.5. The largest absolute Gasteiger partial charge is 0.497 e. The summed E-state index contributed by atoms with van der Waals surface area (Å²) in [7, 11) is 6.71. The van der Waals surface area contributed by atoms with E-state index in [1.807, 2.05) is 18.2 Å². The molecule has 1 atom stereocenters.